The summed E-state index contributed by atoms with van der Waals surface area (Å²) >= 11 is 0. The van der Waals surface area contributed by atoms with Crippen molar-refractivity contribution in [3.05, 3.63) is 42.0 Å². The summed E-state index contributed by atoms with van der Waals surface area (Å²) in [6.45, 7) is 5.79. The molecule has 0 saturated carbocycles. The molecule has 0 spiro atoms. The van der Waals surface area contributed by atoms with Crippen LogP contribution in [0.4, 0.5) is 0 Å². The summed E-state index contributed by atoms with van der Waals surface area (Å²) < 4.78 is 10.8. The molecule has 3 nitrogen and oxygen atoms in total. The van der Waals surface area contributed by atoms with E-state index in [0.29, 0.717) is 18.6 Å². The monoisotopic (exact) mass is 218 g/mol. The number of para-hydroxylation sites is 1. The fourth-order valence-electron chi connectivity index (χ4n) is 1.66. The van der Waals surface area contributed by atoms with Crippen molar-refractivity contribution in [1.82, 2.24) is 0 Å². The lowest BCUT2D eigenvalue weighted by Gasteiger charge is -2.25. The molecule has 3 heteroatoms. The molecule has 1 unspecified atom stereocenters. The van der Waals surface area contributed by atoms with Crippen LogP contribution in [0.1, 0.15) is 25.0 Å². The Morgan fingerprint density at radius 1 is 1.50 bits per heavy atom. The van der Waals surface area contributed by atoms with Gasteiger partial charge in [0.2, 0.25) is 0 Å². The van der Waals surface area contributed by atoms with E-state index in [-0.39, 0.29) is 12.1 Å². The maximum Gasteiger partial charge on any atom is 0.333 e. The summed E-state index contributed by atoms with van der Waals surface area (Å²) in [5, 5.41) is 0. The number of rotatable bonds is 2. The lowest BCUT2D eigenvalue weighted by Crippen LogP contribution is -2.19. The van der Waals surface area contributed by atoms with Gasteiger partial charge >= 0.3 is 5.97 Å². The standard InChI is InChI=1S/C13H14O3/c1-9(2)13(14)16-12-7-8-15-11-6-4-3-5-10(11)12/h3-6,12H,1,7-8H2,2H3. The second kappa shape index (κ2) is 4.39. The fourth-order valence-corrected chi connectivity index (χ4v) is 1.66. The maximum absolute atomic E-state index is 11.5. The van der Waals surface area contributed by atoms with Crippen LogP contribution in [0.25, 0.3) is 0 Å². The Labute approximate surface area is 94.7 Å². The van der Waals surface area contributed by atoms with E-state index < -0.39 is 0 Å². The van der Waals surface area contributed by atoms with E-state index in [0.717, 1.165) is 11.3 Å². The second-order valence-corrected chi connectivity index (χ2v) is 3.85. The largest absolute Gasteiger partial charge is 0.493 e. The Bertz CT molecular complexity index is 423. The van der Waals surface area contributed by atoms with E-state index in [9.17, 15) is 4.79 Å². The predicted molar refractivity (Wildman–Crippen MR) is 60.2 cm³/mol. The first-order valence-electron chi connectivity index (χ1n) is 5.26. The molecule has 0 N–H and O–H groups in total. The third kappa shape index (κ3) is 2.08. The first kappa shape index (κ1) is 10.7. The summed E-state index contributed by atoms with van der Waals surface area (Å²) in [6, 6.07) is 7.62. The van der Waals surface area contributed by atoms with Gasteiger partial charge in [0, 0.05) is 17.6 Å². The van der Waals surface area contributed by atoms with Crippen LogP contribution in [-0.2, 0) is 9.53 Å². The molecular formula is C13H14O3. The molecule has 16 heavy (non-hydrogen) atoms. The summed E-state index contributed by atoms with van der Waals surface area (Å²) in [5.74, 6) is 0.454. The number of carbonyl (C=O) groups excluding carboxylic acids is 1. The van der Waals surface area contributed by atoms with Crippen molar-refractivity contribution in [2.45, 2.75) is 19.4 Å². The third-order valence-corrected chi connectivity index (χ3v) is 2.50. The number of benzene rings is 1. The van der Waals surface area contributed by atoms with Crippen LogP contribution in [-0.4, -0.2) is 12.6 Å². The van der Waals surface area contributed by atoms with Crippen molar-refractivity contribution >= 4 is 5.97 Å². The summed E-state index contributed by atoms with van der Waals surface area (Å²) in [4.78, 5) is 11.5. The predicted octanol–water partition coefficient (Wildman–Crippen LogP) is 2.63. The highest BCUT2D eigenvalue weighted by atomic mass is 16.6. The Balaban J connectivity index is 2.19. The summed E-state index contributed by atoms with van der Waals surface area (Å²) in [5.41, 5.74) is 1.35. The number of fused-ring (bicyclic) bond motifs is 1. The van der Waals surface area contributed by atoms with Gasteiger partial charge in [-0.1, -0.05) is 24.8 Å². The molecule has 0 aromatic heterocycles. The number of hydrogen-bond donors (Lipinski definition) is 0. The summed E-state index contributed by atoms with van der Waals surface area (Å²) in [7, 11) is 0. The van der Waals surface area contributed by atoms with Gasteiger partial charge in [0.25, 0.3) is 0 Å². The molecule has 0 aliphatic carbocycles. The molecule has 84 valence electrons. The normalized spacial score (nSPS) is 18.2. The van der Waals surface area contributed by atoms with Gasteiger partial charge in [0.05, 0.1) is 6.61 Å². The molecule has 0 amide bonds. The van der Waals surface area contributed by atoms with E-state index in [1.165, 1.54) is 0 Å². The van der Waals surface area contributed by atoms with Crippen molar-refractivity contribution in [3.63, 3.8) is 0 Å². The van der Waals surface area contributed by atoms with Crippen LogP contribution < -0.4 is 4.74 Å². The van der Waals surface area contributed by atoms with Gasteiger partial charge in [-0.2, -0.15) is 0 Å². The highest BCUT2D eigenvalue weighted by molar-refractivity contribution is 5.87. The number of hydrogen-bond acceptors (Lipinski definition) is 3. The zero-order chi connectivity index (χ0) is 11.5. The maximum atomic E-state index is 11.5. The molecule has 1 aromatic rings. The van der Waals surface area contributed by atoms with E-state index in [1.54, 1.807) is 6.92 Å². The average Bonchev–Trinajstić information content (AvgIpc) is 2.29. The van der Waals surface area contributed by atoms with Gasteiger partial charge < -0.3 is 9.47 Å². The number of ether oxygens (including phenoxy) is 2. The van der Waals surface area contributed by atoms with Gasteiger partial charge in [-0.3, -0.25) is 0 Å². The first-order chi connectivity index (χ1) is 7.68. The van der Waals surface area contributed by atoms with Gasteiger partial charge in [0.15, 0.2) is 0 Å². The number of esters is 1. The van der Waals surface area contributed by atoms with Crippen LogP contribution in [0.15, 0.2) is 36.4 Å². The first-order valence-corrected chi connectivity index (χ1v) is 5.26. The zero-order valence-electron chi connectivity index (χ0n) is 9.23. The Morgan fingerprint density at radius 2 is 2.25 bits per heavy atom. The fraction of sp³-hybridized carbons (Fsp3) is 0.308. The van der Waals surface area contributed by atoms with Crippen LogP contribution in [0.2, 0.25) is 0 Å². The molecule has 0 saturated heterocycles. The van der Waals surface area contributed by atoms with Crippen molar-refractivity contribution < 1.29 is 14.3 Å². The molecule has 1 aromatic carbocycles. The minimum Gasteiger partial charge on any atom is -0.493 e. The van der Waals surface area contributed by atoms with E-state index >= 15 is 0 Å². The number of carbonyl (C=O) groups is 1. The summed E-state index contributed by atoms with van der Waals surface area (Å²) in [6.07, 6.45) is 0.477. The topological polar surface area (TPSA) is 35.5 Å². The minimum atomic E-state index is -0.346. The smallest absolute Gasteiger partial charge is 0.333 e. The van der Waals surface area contributed by atoms with Crippen LogP contribution in [0.5, 0.6) is 5.75 Å². The Kier molecular flexibility index (Phi) is 2.95. The van der Waals surface area contributed by atoms with Crippen LogP contribution in [0.3, 0.4) is 0 Å². The molecule has 2 rings (SSSR count). The van der Waals surface area contributed by atoms with Crippen molar-refractivity contribution in [2.75, 3.05) is 6.61 Å². The molecule has 0 fully saturated rings. The molecule has 0 bridgehead atoms. The Hall–Kier alpha value is -1.77. The molecular weight excluding hydrogens is 204 g/mol. The minimum absolute atomic E-state index is 0.214. The van der Waals surface area contributed by atoms with Gasteiger partial charge in [-0.15, -0.1) is 0 Å². The van der Waals surface area contributed by atoms with Crippen LogP contribution >= 0.6 is 0 Å². The van der Waals surface area contributed by atoms with E-state index in [1.807, 2.05) is 24.3 Å². The highest BCUT2D eigenvalue weighted by Crippen LogP contribution is 2.34. The highest BCUT2D eigenvalue weighted by Gasteiger charge is 2.24. The molecule has 1 atom stereocenters. The van der Waals surface area contributed by atoms with Crippen molar-refractivity contribution in [1.29, 1.82) is 0 Å². The van der Waals surface area contributed by atoms with Gasteiger partial charge in [-0.25, -0.2) is 4.79 Å². The Morgan fingerprint density at radius 3 is 3.00 bits per heavy atom. The third-order valence-electron chi connectivity index (χ3n) is 2.50. The lowest BCUT2D eigenvalue weighted by atomic mass is 10.0. The van der Waals surface area contributed by atoms with E-state index in [2.05, 4.69) is 6.58 Å². The van der Waals surface area contributed by atoms with Gasteiger partial charge in [-0.05, 0) is 13.0 Å². The molecule has 1 aliphatic rings. The second-order valence-electron chi connectivity index (χ2n) is 3.85. The molecule has 1 aliphatic heterocycles. The average molecular weight is 218 g/mol. The van der Waals surface area contributed by atoms with Crippen molar-refractivity contribution in [2.24, 2.45) is 0 Å². The molecule has 0 radical (unpaired) electrons. The van der Waals surface area contributed by atoms with Crippen LogP contribution in [0, 0.1) is 0 Å². The SMILES string of the molecule is C=C(C)C(=O)OC1CCOc2ccccc21. The van der Waals surface area contributed by atoms with Gasteiger partial charge in [0.1, 0.15) is 11.9 Å². The quantitative estimate of drug-likeness (QED) is 0.565. The van der Waals surface area contributed by atoms with E-state index in [4.69, 9.17) is 9.47 Å². The lowest BCUT2D eigenvalue weighted by molar-refractivity contribution is -0.145. The zero-order valence-corrected chi connectivity index (χ0v) is 9.23. The molecule has 1 heterocycles. The van der Waals surface area contributed by atoms with Crippen molar-refractivity contribution in [3.8, 4) is 5.75 Å².